The van der Waals surface area contributed by atoms with Crippen molar-refractivity contribution in [3.8, 4) is 0 Å². The first-order chi connectivity index (χ1) is 8.63. The molecule has 2 N–H and O–H groups in total. The van der Waals surface area contributed by atoms with E-state index in [1.165, 1.54) is 38.5 Å². The Kier molecular flexibility index (Phi) is 7.33. The number of amides is 1. The van der Waals surface area contributed by atoms with Crippen LogP contribution in [0.4, 0.5) is 0 Å². The van der Waals surface area contributed by atoms with Gasteiger partial charge in [0.1, 0.15) is 0 Å². The molecule has 18 heavy (non-hydrogen) atoms. The van der Waals surface area contributed by atoms with Crippen molar-refractivity contribution in [1.29, 1.82) is 0 Å². The Morgan fingerprint density at radius 2 is 1.83 bits per heavy atom. The third kappa shape index (κ3) is 5.85. The second kappa shape index (κ2) is 8.52. The van der Waals surface area contributed by atoms with Gasteiger partial charge in [0.25, 0.3) is 0 Å². The Morgan fingerprint density at radius 3 is 2.33 bits per heavy atom. The molecule has 0 radical (unpaired) electrons. The second-order valence-corrected chi connectivity index (χ2v) is 5.99. The van der Waals surface area contributed by atoms with Gasteiger partial charge in [-0.3, -0.25) is 4.79 Å². The molecule has 1 unspecified atom stereocenters. The summed E-state index contributed by atoms with van der Waals surface area (Å²) in [6.45, 7) is 4.32. The van der Waals surface area contributed by atoms with Crippen LogP contribution in [0.3, 0.4) is 0 Å². The first kappa shape index (κ1) is 15.5. The summed E-state index contributed by atoms with van der Waals surface area (Å²) in [7, 11) is 0. The predicted octanol–water partition coefficient (Wildman–Crippen LogP) is 2.87. The van der Waals surface area contributed by atoms with Crippen LogP contribution in [0, 0.1) is 11.8 Å². The molecule has 0 heterocycles. The average Bonchev–Trinajstić information content (AvgIpc) is 2.57. The normalized spacial score (nSPS) is 19.6. The van der Waals surface area contributed by atoms with Crippen LogP contribution in [0.2, 0.25) is 0 Å². The number of carbonyl (C=O) groups is 1. The molecule has 0 spiro atoms. The minimum atomic E-state index is 0.119. The van der Waals surface area contributed by atoms with Crippen molar-refractivity contribution in [3.05, 3.63) is 0 Å². The van der Waals surface area contributed by atoms with Gasteiger partial charge < -0.3 is 10.4 Å². The lowest BCUT2D eigenvalue weighted by Crippen LogP contribution is -2.39. The van der Waals surface area contributed by atoms with E-state index in [1.807, 2.05) is 0 Å². The standard InChI is InChI=1S/C15H29NO2/c1-12(2)14(9-10-17)16-15(18)11-13-7-5-3-4-6-8-13/h12-14,17H,3-11H2,1-2H3,(H,16,18). The number of aliphatic hydroxyl groups excluding tert-OH is 1. The Hall–Kier alpha value is -0.570. The smallest absolute Gasteiger partial charge is 0.220 e. The predicted molar refractivity (Wildman–Crippen MR) is 74.3 cm³/mol. The highest BCUT2D eigenvalue weighted by molar-refractivity contribution is 5.76. The van der Waals surface area contributed by atoms with Crippen molar-refractivity contribution >= 4 is 5.91 Å². The highest BCUT2D eigenvalue weighted by atomic mass is 16.3. The van der Waals surface area contributed by atoms with Crippen LogP contribution in [-0.4, -0.2) is 23.7 Å². The number of nitrogens with one attached hydrogen (secondary N) is 1. The fourth-order valence-electron chi connectivity index (χ4n) is 2.81. The Morgan fingerprint density at radius 1 is 1.22 bits per heavy atom. The molecule has 0 aromatic carbocycles. The summed E-state index contributed by atoms with van der Waals surface area (Å²) in [5.74, 6) is 1.14. The zero-order chi connectivity index (χ0) is 13.4. The first-order valence-corrected chi connectivity index (χ1v) is 7.53. The first-order valence-electron chi connectivity index (χ1n) is 7.53. The van der Waals surface area contributed by atoms with Crippen LogP contribution in [0.25, 0.3) is 0 Å². The third-order valence-corrected chi connectivity index (χ3v) is 4.04. The van der Waals surface area contributed by atoms with Gasteiger partial charge in [-0.1, -0.05) is 39.5 Å². The van der Waals surface area contributed by atoms with E-state index in [9.17, 15) is 4.79 Å². The number of aliphatic hydroxyl groups is 1. The van der Waals surface area contributed by atoms with Gasteiger partial charge in [-0.15, -0.1) is 0 Å². The summed E-state index contributed by atoms with van der Waals surface area (Å²) in [4.78, 5) is 12.0. The SMILES string of the molecule is CC(C)C(CCO)NC(=O)CC1CCCCCC1. The molecule has 3 nitrogen and oxygen atoms in total. The molecule has 0 aliphatic heterocycles. The molecule has 3 heteroatoms. The van der Waals surface area contributed by atoms with E-state index in [0.717, 1.165) is 0 Å². The summed E-state index contributed by atoms with van der Waals surface area (Å²) in [5.41, 5.74) is 0. The van der Waals surface area contributed by atoms with E-state index in [4.69, 9.17) is 5.11 Å². The average molecular weight is 255 g/mol. The van der Waals surface area contributed by atoms with Gasteiger partial charge in [-0.2, -0.15) is 0 Å². The van der Waals surface area contributed by atoms with Crippen LogP contribution in [0.5, 0.6) is 0 Å². The molecule has 1 fully saturated rings. The molecule has 1 rings (SSSR count). The van der Waals surface area contributed by atoms with Gasteiger partial charge >= 0.3 is 0 Å². The summed E-state index contributed by atoms with van der Waals surface area (Å²) < 4.78 is 0. The van der Waals surface area contributed by atoms with E-state index < -0.39 is 0 Å². The van der Waals surface area contributed by atoms with Gasteiger partial charge in [-0.05, 0) is 31.1 Å². The fraction of sp³-hybridized carbons (Fsp3) is 0.933. The van der Waals surface area contributed by atoms with Crippen LogP contribution in [0.15, 0.2) is 0 Å². The van der Waals surface area contributed by atoms with Crippen molar-refractivity contribution in [2.75, 3.05) is 6.61 Å². The lowest BCUT2D eigenvalue weighted by Gasteiger charge is -2.23. The molecular formula is C15H29NO2. The molecule has 1 aliphatic carbocycles. The summed E-state index contributed by atoms with van der Waals surface area (Å²) in [5, 5.41) is 12.1. The van der Waals surface area contributed by atoms with E-state index >= 15 is 0 Å². The van der Waals surface area contributed by atoms with Gasteiger partial charge in [0.05, 0.1) is 0 Å². The maximum absolute atomic E-state index is 12.0. The molecular weight excluding hydrogens is 226 g/mol. The molecule has 106 valence electrons. The molecule has 0 bridgehead atoms. The minimum Gasteiger partial charge on any atom is -0.396 e. The van der Waals surface area contributed by atoms with Crippen molar-refractivity contribution in [3.63, 3.8) is 0 Å². The van der Waals surface area contributed by atoms with E-state index in [0.29, 0.717) is 24.7 Å². The zero-order valence-electron chi connectivity index (χ0n) is 12.0. The minimum absolute atomic E-state index is 0.119. The lowest BCUT2D eigenvalue weighted by molar-refractivity contribution is -0.123. The van der Waals surface area contributed by atoms with Gasteiger partial charge in [0, 0.05) is 19.1 Å². The number of rotatable bonds is 6. The number of carbonyl (C=O) groups excluding carboxylic acids is 1. The molecule has 1 aliphatic rings. The highest BCUT2D eigenvalue weighted by Gasteiger charge is 2.19. The van der Waals surface area contributed by atoms with Gasteiger partial charge in [-0.25, -0.2) is 0 Å². The lowest BCUT2D eigenvalue weighted by atomic mass is 9.95. The van der Waals surface area contributed by atoms with E-state index in [2.05, 4.69) is 19.2 Å². The van der Waals surface area contributed by atoms with E-state index in [1.54, 1.807) is 0 Å². The maximum atomic E-state index is 12.0. The number of hydrogen-bond donors (Lipinski definition) is 2. The molecule has 1 atom stereocenters. The van der Waals surface area contributed by atoms with Crippen LogP contribution < -0.4 is 5.32 Å². The second-order valence-electron chi connectivity index (χ2n) is 5.99. The van der Waals surface area contributed by atoms with Crippen molar-refractivity contribution in [2.24, 2.45) is 11.8 Å². The van der Waals surface area contributed by atoms with Crippen LogP contribution >= 0.6 is 0 Å². The van der Waals surface area contributed by atoms with Crippen molar-refractivity contribution in [2.45, 2.75) is 71.3 Å². The summed E-state index contributed by atoms with van der Waals surface area (Å²) in [6, 6.07) is 0.119. The fourth-order valence-corrected chi connectivity index (χ4v) is 2.81. The maximum Gasteiger partial charge on any atom is 0.220 e. The zero-order valence-corrected chi connectivity index (χ0v) is 12.0. The largest absolute Gasteiger partial charge is 0.396 e. The van der Waals surface area contributed by atoms with Gasteiger partial charge in [0.15, 0.2) is 0 Å². The summed E-state index contributed by atoms with van der Waals surface area (Å²) in [6.07, 6.45) is 8.97. The monoisotopic (exact) mass is 255 g/mol. The van der Waals surface area contributed by atoms with E-state index in [-0.39, 0.29) is 18.6 Å². The summed E-state index contributed by atoms with van der Waals surface area (Å²) >= 11 is 0. The quantitative estimate of drug-likeness (QED) is 0.717. The highest BCUT2D eigenvalue weighted by Crippen LogP contribution is 2.25. The van der Waals surface area contributed by atoms with Crippen molar-refractivity contribution < 1.29 is 9.90 Å². The van der Waals surface area contributed by atoms with Gasteiger partial charge in [0.2, 0.25) is 5.91 Å². The molecule has 0 aromatic heterocycles. The Bertz CT molecular complexity index is 233. The number of hydrogen-bond acceptors (Lipinski definition) is 2. The van der Waals surface area contributed by atoms with Crippen LogP contribution in [0.1, 0.15) is 65.2 Å². The third-order valence-electron chi connectivity index (χ3n) is 4.04. The molecule has 1 saturated carbocycles. The Balaban J connectivity index is 2.34. The van der Waals surface area contributed by atoms with Crippen LogP contribution in [-0.2, 0) is 4.79 Å². The molecule has 0 saturated heterocycles. The topological polar surface area (TPSA) is 49.3 Å². The molecule has 0 aromatic rings. The Labute approximate surface area is 111 Å². The van der Waals surface area contributed by atoms with Crippen molar-refractivity contribution in [1.82, 2.24) is 5.32 Å². The molecule has 1 amide bonds.